The molecule has 0 bridgehead atoms. The first kappa shape index (κ1) is 9.68. The molecule has 0 aliphatic rings. The van der Waals surface area contributed by atoms with Gasteiger partial charge in [-0.1, -0.05) is 24.3 Å². The lowest BCUT2D eigenvalue weighted by Crippen LogP contribution is -2.05. The zero-order chi connectivity index (χ0) is 9.68. The van der Waals surface area contributed by atoms with Crippen molar-refractivity contribution >= 4 is 6.29 Å². The van der Waals surface area contributed by atoms with Crippen molar-refractivity contribution in [3.8, 4) is 0 Å². The van der Waals surface area contributed by atoms with Crippen LogP contribution in [-0.4, -0.2) is 6.29 Å². The van der Waals surface area contributed by atoms with E-state index in [1.807, 2.05) is 18.2 Å². The van der Waals surface area contributed by atoms with Gasteiger partial charge in [-0.2, -0.15) is 0 Å². The molecular formula is C11H13NO. The Hall–Kier alpha value is -1.41. The fraction of sp³-hybridized carbons (Fsp3) is 0.182. The van der Waals surface area contributed by atoms with Gasteiger partial charge >= 0.3 is 0 Å². The van der Waals surface area contributed by atoms with E-state index in [0.29, 0.717) is 12.1 Å². The summed E-state index contributed by atoms with van der Waals surface area (Å²) in [6, 6.07) is 5.61. The van der Waals surface area contributed by atoms with Gasteiger partial charge in [0.1, 0.15) is 6.29 Å². The molecular weight excluding hydrogens is 162 g/mol. The van der Waals surface area contributed by atoms with Crippen molar-refractivity contribution in [2.75, 3.05) is 0 Å². The lowest BCUT2D eigenvalue weighted by atomic mass is 9.99. The van der Waals surface area contributed by atoms with Crippen LogP contribution in [0.4, 0.5) is 0 Å². The molecule has 2 nitrogen and oxygen atoms in total. The van der Waals surface area contributed by atoms with E-state index in [1.165, 1.54) is 0 Å². The largest absolute Gasteiger partial charge is 0.326 e. The molecule has 0 heterocycles. The number of rotatable bonds is 4. The van der Waals surface area contributed by atoms with Crippen LogP contribution in [0.15, 0.2) is 30.9 Å². The highest BCUT2D eigenvalue weighted by molar-refractivity contribution is 5.78. The Kier molecular flexibility index (Phi) is 3.41. The zero-order valence-corrected chi connectivity index (χ0v) is 7.49. The Morgan fingerprint density at radius 2 is 2.23 bits per heavy atom. The molecule has 0 fully saturated rings. The lowest BCUT2D eigenvalue weighted by Gasteiger charge is -2.07. The second-order valence-electron chi connectivity index (χ2n) is 2.80. The van der Waals surface area contributed by atoms with E-state index in [-0.39, 0.29) is 0 Å². The summed E-state index contributed by atoms with van der Waals surface area (Å²) in [5, 5.41) is 0. The highest BCUT2D eigenvalue weighted by Gasteiger charge is 2.03. The highest BCUT2D eigenvalue weighted by atomic mass is 16.1. The number of aldehydes is 1. The number of benzene rings is 1. The molecule has 2 heteroatoms. The first-order valence-electron chi connectivity index (χ1n) is 4.20. The first-order chi connectivity index (χ1) is 6.33. The minimum absolute atomic E-state index is 0.401. The Balaban J connectivity index is 3.17. The van der Waals surface area contributed by atoms with Crippen molar-refractivity contribution in [3.05, 3.63) is 47.5 Å². The van der Waals surface area contributed by atoms with Gasteiger partial charge in [0.05, 0.1) is 0 Å². The van der Waals surface area contributed by atoms with Crippen molar-refractivity contribution in [2.45, 2.75) is 13.0 Å². The molecule has 0 atom stereocenters. The van der Waals surface area contributed by atoms with E-state index in [9.17, 15) is 4.79 Å². The predicted octanol–water partition coefficient (Wildman–Crippen LogP) is 1.69. The van der Waals surface area contributed by atoms with E-state index < -0.39 is 0 Å². The third kappa shape index (κ3) is 2.04. The number of hydrogen-bond donors (Lipinski definition) is 1. The standard InChI is InChI=1S/C11H13NO/c1-2-4-9-5-3-6-10(8-13)11(9)7-12/h2-3,5-6,8H,1,4,7,12H2. The van der Waals surface area contributed by atoms with Gasteiger partial charge in [-0.25, -0.2) is 0 Å². The van der Waals surface area contributed by atoms with Crippen LogP contribution in [0.3, 0.4) is 0 Å². The molecule has 0 aliphatic carbocycles. The summed E-state index contributed by atoms with van der Waals surface area (Å²) >= 11 is 0. The summed E-state index contributed by atoms with van der Waals surface area (Å²) in [4.78, 5) is 10.7. The summed E-state index contributed by atoms with van der Waals surface area (Å²) < 4.78 is 0. The maximum atomic E-state index is 10.7. The van der Waals surface area contributed by atoms with Crippen molar-refractivity contribution in [3.63, 3.8) is 0 Å². The van der Waals surface area contributed by atoms with E-state index in [4.69, 9.17) is 5.73 Å². The van der Waals surface area contributed by atoms with Crippen LogP contribution in [0.1, 0.15) is 21.5 Å². The molecule has 0 aromatic heterocycles. The quantitative estimate of drug-likeness (QED) is 0.559. The van der Waals surface area contributed by atoms with Crippen LogP contribution in [0.2, 0.25) is 0 Å². The summed E-state index contributed by atoms with van der Waals surface area (Å²) in [6.45, 7) is 4.06. The Morgan fingerprint density at radius 3 is 2.77 bits per heavy atom. The van der Waals surface area contributed by atoms with Crippen molar-refractivity contribution < 1.29 is 4.79 Å². The van der Waals surface area contributed by atoms with Crippen LogP contribution >= 0.6 is 0 Å². The van der Waals surface area contributed by atoms with Gasteiger partial charge in [0.15, 0.2) is 0 Å². The topological polar surface area (TPSA) is 43.1 Å². The molecule has 0 saturated heterocycles. The van der Waals surface area contributed by atoms with Crippen LogP contribution in [0, 0.1) is 0 Å². The van der Waals surface area contributed by atoms with Crippen molar-refractivity contribution in [1.29, 1.82) is 0 Å². The minimum atomic E-state index is 0.401. The van der Waals surface area contributed by atoms with Gasteiger partial charge in [0, 0.05) is 12.1 Å². The van der Waals surface area contributed by atoms with Crippen LogP contribution in [0.5, 0.6) is 0 Å². The smallest absolute Gasteiger partial charge is 0.150 e. The number of hydrogen-bond acceptors (Lipinski definition) is 2. The molecule has 0 radical (unpaired) electrons. The van der Waals surface area contributed by atoms with Crippen LogP contribution in [-0.2, 0) is 13.0 Å². The molecule has 2 N–H and O–H groups in total. The van der Waals surface area contributed by atoms with E-state index in [0.717, 1.165) is 23.8 Å². The van der Waals surface area contributed by atoms with Gasteiger partial charge in [0.25, 0.3) is 0 Å². The van der Waals surface area contributed by atoms with E-state index in [1.54, 1.807) is 6.07 Å². The molecule has 0 unspecified atom stereocenters. The van der Waals surface area contributed by atoms with E-state index in [2.05, 4.69) is 6.58 Å². The average molecular weight is 175 g/mol. The molecule has 0 saturated carbocycles. The second kappa shape index (κ2) is 4.58. The van der Waals surface area contributed by atoms with Gasteiger partial charge in [-0.15, -0.1) is 6.58 Å². The summed E-state index contributed by atoms with van der Waals surface area (Å²) in [6.07, 6.45) is 3.41. The minimum Gasteiger partial charge on any atom is -0.326 e. The zero-order valence-electron chi connectivity index (χ0n) is 7.49. The van der Waals surface area contributed by atoms with Gasteiger partial charge in [-0.3, -0.25) is 4.79 Å². The van der Waals surface area contributed by atoms with Gasteiger partial charge < -0.3 is 5.73 Å². The normalized spacial score (nSPS) is 9.62. The lowest BCUT2D eigenvalue weighted by molar-refractivity contribution is 0.112. The Bertz CT molecular complexity index is 318. The summed E-state index contributed by atoms with van der Waals surface area (Å²) in [5.41, 5.74) is 8.26. The number of carbonyl (C=O) groups excluding carboxylic acids is 1. The SMILES string of the molecule is C=CCc1cccc(C=O)c1CN. The molecule has 1 aromatic rings. The second-order valence-corrected chi connectivity index (χ2v) is 2.80. The fourth-order valence-electron chi connectivity index (χ4n) is 1.36. The van der Waals surface area contributed by atoms with Crippen LogP contribution < -0.4 is 5.73 Å². The number of nitrogens with two attached hydrogens (primary N) is 1. The predicted molar refractivity (Wildman–Crippen MR) is 53.6 cm³/mol. The third-order valence-electron chi connectivity index (χ3n) is 2.00. The van der Waals surface area contributed by atoms with Gasteiger partial charge in [-0.05, 0) is 17.5 Å². The molecule has 0 amide bonds. The Morgan fingerprint density at radius 1 is 1.46 bits per heavy atom. The maximum Gasteiger partial charge on any atom is 0.150 e. The third-order valence-corrected chi connectivity index (χ3v) is 2.00. The molecule has 1 rings (SSSR count). The van der Waals surface area contributed by atoms with Gasteiger partial charge in [0.2, 0.25) is 0 Å². The average Bonchev–Trinajstić information content (AvgIpc) is 2.18. The first-order valence-corrected chi connectivity index (χ1v) is 4.20. The monoisotopic (exact) mass is 175 g/mol. The number of carbonyl (C=O) groups is 1. The van der Waals surface area contributed by atoms with Crippen LogP contribution in [0.25, 0.3) is 0 Å². The summed E-state index contributed by atoms with van der Waals surface area (Å²) in [5.74, 6) is 0. The highest BCUT2D eigenvalue weighted by Crippen LogP contribution is 2.13. The summed E-state index contributed by atoms with van der Waals surface area (Å²) in [7, 11) is 0. The molecule has 1 aromatic carbocycles. The van der Waals surface area contributed by atoms with Crippen molar-refractivity contribution in [1.82, 2.24) is 0 Å². The molecule has 0 spiro atoms. The molecule has 68 valence electrons. The molecule has 0 aliphatic heterocycles. The van der Waals surface area contributed by atoms with E-state index >= 15 is 0 Å². The maximum absolute atomic E-state index is 10.7. The molecule has 13 heavy (non-hydrogen) atoms. The van der Waals surface area contributed by atoms with Crippen molar-refractivity contribution in [2.24, 2.45) is 5.73 Å². The fourth-order valence-corrected chi connectivity index (χ4v) is 1.36. The Labute approximate surface area is 78.1 Å². The number of allylic oxidation sites excluding steroid dienone is 1.